The van der Waals surface area contributed by atoms with Crippen LogP contribution in [0.5, 0.6) is 5.75 Å². The van der Waals surface area contributed by atoms with E-state index in [0.717, 1.165) is 66.5 Å². The zero-order chi connectivity index (χ0) is 21.9. The third kappa shape index (κ3) is 4.24. The van der Waals surface area contributed by atoms with E-state index in [-0.39, 0.29) is 0 Å². The molecule has 0 amide bonds. The normalized spacial score (nSPS) is 15.7. The molecule has 3 aromatic heterocycles. The molecule has 32 heavy (non-hydrogen) atoms. The highest BCUT2D eigenvalue weighted by atomic mass is 16.5. The number of imidazole rings is 1. The van der Waals surface area contributed by atoms with Crippen molar-refractivity contribution in [2.45, 2.75) is 13.0 Å². The van der Waals surface area contributed by atoms with Gasteiger partial charge in [0.2, 0.25) is 0 Å². The Bertz CT molecular complexity index is 1190. The minimum atomic E-state index is 0.855. The molecule has 0 N–H and O–H groups in total. The molecule has 1 aromatic carbocycles. The third-order valence-corrected chi connectivity index (χ3v) is 6.26. The highest BCUT2D eigenvalue weighted by Gasteiger charge is 2.19. The maximum absolute atomic E-state index is 5.36. The van der Waals surface area contributed by atoms with Crippen LogP contribution in [-0.4, -0.2) is 64.5 Å². The molecule has 4 heterocycles. The van der Waals surface area contributed by atoms with E-state index in [4.69, 9.17) is 9.72 Å². The Hall–Kier alpha value is -3.22. The number of ether oxygens (including phenoxy) is 1. The Kier molecular flexibility index (Phi) is 5.88. The fraction of sp³-hybridized carbons (Fsp3) is 0.308. The van der Waals surface area contributed by atoms with Crippen LogP contribution < -0.4 is 4.74 Å². The minimum absolute atomic E-state index is 0.855. The molecule has 1 aliphatic rings. The molecule has 1 saturated heterocycles. The van der Waals surface area contributed by atoms with Crippen molar-refractivity contribution in [3.8, 4) is 28.1 Å². The van der Waals surface area contributed by atoms with E-state index in [2.05, 4.69) is 62.8 Å². The van der Waals surface area contributed by atoms with Gasteiger partial charge in [0.15, 0.2) is 0 Å². The van der Waals surface area contributed by atoms with Crippen LogP contribution in [0.3, 0.4) is 0 Å². The lowest BCUT2D eigenvalue weighted by atomic mass is 10.1. The molecule has 164 valence electrons. The predicted molar refractivity (Wildman–Crippen MR) is 128 cm³/mol. The number of nitrogens with zero attached hydrogens (tertiary/aromatic N) is 5. The summed E-state index contributed by atoms with van der Waals surface area (Å²) in [6, 6.07) is 16.5. The zero-order valence-corrected chi connectivity index (χ0v) is 18.7. The van der Waals surface area contributed by atoms with E-state index in [1.807, 2.05) is 30.6 Å². The van der Waals surface area contributed by atoms with Gasteiger partial charge in [0.25, 0.3) is 0 Å². The molecule has 0 bridgehead atoms. The number of rotatable bonds is 5. The summed E-state index contributed by atoms with van der Waals surface area (Å²) in [5.41, 5.74) is 6.58. The Morgan fingerprint density at radius 2 is 1.75 bits per heavy atom. The average molecular weight is 428 g/mol. The second-order valence-corrected chi connectivity index (χ2v) is 8.46. The molecular weight excluding hydrogens is 398 g/mol. The Labute approximate surface area is 189 Å². The van der Waals surface area contributed by atoms with Gasteiger partial charge in [-0.1, -0.05) is 6.07 Å². The topological polar surface area (TPSA) is 45.9 Å². The zero-order valence-electron chi connectivity index (χ0n) is 18.7. The molecule has 0 radical (unpaired) electrons. The summed E-state index contributed by atoms with van der Waals surface area (Å²) in [4.78, 5) is 14.3. The first-order chi connectivity index (χ1) is 15.7. The van der Waals surface area contributed by atoms with Crippen LogP contribution in [0.15, 0.2) is 67.1 Å². The standard InChI is InChI=1S/C26H29N5O/c1-29-13-4-14-30(16-15-29)19-24-26(20-6-9-23(32-2)10-7-20)28-25-11-8-22(18-31(24)25)21-5-3-12-27-17-21/h3,5-12,17-18H,4,13-16,19H2,1-2H3. The fourth-order valence-electron chi connectivity index (χ4n) is 4.40. The van der Waals surface area contributed by atoms with E-state index in [0.29, 0.717) is 0 Å². The lowest BCUT2D eigenvalue weighted by Crippen LogP contribution is -2.29. The van der Waals surface area contributed by atoms with Gasteiger partial charge in [0.1, 0.15) is 11.4 Å². The van der Waals surface area contributed by atoms with Gasteiger partial charge in [0, 0.05) is 54.9 Å². The summed E-state index contributed by atoms with van der Waals surface area (Å²) >= 11 is 0. The number of methoxy groups -OCH3 is 1. The van der Waals surface area contributed by atoms with Crippen LogP contribution in [0.1, 0.15) is 12.1 Å². The number of likely N-dealkylation sites (N-methyl/N-ethyl adjacent to an activating group) is 1. The van der Waals surface area contributed by atoms with Crippen LogP contribution in [0, 0.1) is 0 Å². The van der Waals surface area contributed by atoms with Crippen molar-refractivity contribution in [3.63, 3.8) is 0 Å². The number of aromatic nitrogens is 3. The first kappa shape index (κ1) is 20.7. The largest absolute Gasteiger partial charge is 0.497 e. The number of pyridine rings is 2. The lowest BCUT2D eigenvalue weighted by Gasteiger charge is -2.21. The van der Waals surface area contributed by atoms with E-state index in [1.54, 1.807) is 7.11 Å². The molecule has 1 fully saturated rings. The fourth-order valence-corrected chi connectivity index (χ4v) is 4.40. The SMILES string of the molecule is COc1ccc(-c2nc3ccc(-c4cccnc4)cn3c2CN2CCCN(C)CC2)cc1. The summed E-state index contributed by atoms with van der Waals surface area (Å²) in [6.45, 7) is 5.28. The summed E-state index contributed by atoms with van der Waals surface area (Å²) < 4.78 is 7.62. The van der Waals surface area contributed by atoms with Crippen LogP contribution >= 0.6 is 0 Å². The van der Waals surface area contributed by atoms with Gasteiger partial charge >= 0.3 is 0 Å². The number of fused-ring (bicyclic) bond motifs is 1. The van der Waals surface area contributed by atoms with Crippen LogP contribution in [0.25, 0.3) is 28.0 Å². The number of benzene rings is 1. The molecule has 5 rings (SSSR count). The summed E-state index contributed by atoms with van der Waals surface area (Å²) in [5, 5.41) is 0. The molecule has 6 heteroatoms. The molecule has 6 nitrogen and oxygen atoms in total. The van der Waals surface area contributed by atoms with E-state index in [1.165, 1.54) is 12.1 Å². The van der Waals surface area contributed by atoms with Gasteiger partial charge < -0.3 is 14.0 Å². The van der Waals surface area contributed by atoms with Crippen molar-refractivity contribution in [1.82, 2.24) is 24.2 Å². The maximum Gasteiger partial charge on any atom is 0.137 e. The lowest BCUT2D eigenvalue weighted by molar-refractivity contribution is 0.266. The van der Waals surface area contributed by atoms with Crippen molar-refractivity contribution >= 4 is 5.65 Å². The third-order valence-electron chi connectivity index (χ3n) is 6.26. The van der Waals surface area contributed by atoms with Crippen molar-refractivity contribution in [3.05, 3.63) is 72.8 Å². The Morgan fingerprint density at radius 3 is 2.53 bits per heavy atom. The van der Waals surface area contributed by atoms with Gasteiger partial charge in [-0.2, -0.15) is 0 Å². The maximum atomic E-state index is 5.36. The molecule has 1 aliphatic heterocycles. The van der Waals surface area contributed by atoms with Crippen LogP contribution in [0.4, 0.5) is 0 Å². The molecular formula is C26H29N5O. The predicted octanol–water partition coefficient (Wildman–Crippen LogP) is 4.21. The minimum Gasteiger partial charge on any atom is -0.497 e. The van der Waals surface area contributed by atoms with Crippen molar-refractivity contribution in [2.75, 3.05) is 40.3 Å². The number of hydrogen-bond acceptors (Lipinski definition) is 5. The number of hydrogen-bond donors (Lipinski definition) is 0. The second kappa shape index (κ2) is 9.10. The smallest absolute Gasteiger partial charge is 0.137 e. The highest BCUT2D eigenvalue weighted by molar-refractivity contribution is 5.70. The molecule has 0 spiro atoms. The summed E-state index contributed by atoms with van der Waals surface area (Å²) in [6.07, 6.45) is 7.10. The molecule has 0 atom stereocenters. The van der Waals surface area contributed by atoms with Gasteiger partial charge in [0.05, 0.1) is 18.5 Å². The first-order valence-corrected chi connectivity index (χ1v) is 11.2. The van der Waals surface area contributed by atoms with Crippen LogP contribution in [0.2, 0.25) is 0 Å². The van der Waals surface area contributed by atoms with Gasteiger partial charge in [-0.15, -0.1) is 0 Å². The Morgan fingerprint density at radius 1 is 0.906 bits per heavy atom. The quantitative estimate of drug-likeness (QED) is 0.477. The second-order valence-electron chi connectivity index (χ2n) is 8.46. The molecule has 0 aliphatic carbocycles. The summed E-state index contributed by atoms with van der Waals surface area (Å²) in [7, 11) is 3.91. The van der Waals surface area contributed by atoms with Gasteiger partial charge in [-0.25, -0.2) is 4.98 Å². The van der Waals surface area contributed by atoms with Crippen LogP contribution in [-0.2, 0) is 6.54 Å². The van der Waals surface area contributed by atoms with Gasteiger partial charge in [-0.3, -0.25) is 9.88 Å². The van der Waals surface area contributed by atoms with E-state index < -0.39 is 0 Å². The molecule has 0 unspecified atom stereocenters. The molecule has 4 aromatic rings. The van der Waals surface area contributed by atoms with Gasteiger partial charge in [-0.05, 0) is 69.0 Å². The van der Waals surface area contributed by atoms with Crippen molar-refractivity contribution in [1.29, 1.82) is 0 Å². The monoisotopic (exact) mass is 427 g/mol. The summed E-state index contributed by atoms with van der Waals surface area (Å²) in [5.74, 6) is 0.855. The highest BCUT2D eigenvalue weighted by Crippen LogP contribution is 2.29. The van der Waals surface area contributed by atoms with Crippen molar-refractivity contribution in [2.24, 2.45) is 0 Å². The Balaban J connectivity index is 1.59. The van der Waals surface area contributed by atoms with E-state index >= 15 is 0 Å². The average Bonchev–Trinajstić information content (AvgIpc) is 3.06. The van der Waals surface area contributed by atoms with E-state index in [9.17, 15) is 0 Å². The first-order valence-electron chi connectivity index (χ1n) is 11.2. The van der Waals surface area contributed by atoms with Crippen molar-refractivity contribution < 1.29 is 4.74 Å². The molecule has 0 saturated carbocycles.